The maximum absolute atomic E-state index is 13.7. The summed E-state index contributed by atoms with van der Waals surface area (Å²) in [5, 5.41) is 4.66. The molecule has 0 bridgehead atoms. The molecule has 0 amide bonds. The van der Waals surface area contributed by atoms with Crippen LogP contribution in [0.1, 0.15) is 36.7 Å². The highest BCUT2D eigenvalue weighted by Gasteiger charge is 2.36. The molecule has 0 fully saturated rings. The second-order valence-electron chi connectivity index (χ2n) is 6.46. The van der Waals surface area contributed by atoms with Crippen LogP contribution < -0.4 is 10.9 Å². The molecule has 0 atom stereocenters. The fourth-order valence-electron chi connectivity index (χ4n) is 3.02. The summed E-state index contributed by atoms with van der Waals surface area (Å²) in [6.07, 6.45) is -4.53. The Morgan fingerprint density at radius 3 is 2.69 bits per heavy atom. The lowest BCUT2D eigenvalue weighted by Gasteiger charge is -2.15. The van der Waals surface area contributed by atoms with Crippen LogP contribution in [0.4, 0.5) is 18.9 Å². The van der Waals surface area contributed by atoms with Gasteiger partial charge in [-0.15, -0.1) is 0 Å². The molecule has 0 saturated carbocycles. The van der Waals surface area contributed by atoms with Crippen molar-refractivity contribution in [1.29, 1.82) is 0 Å². The number of hydrazine groups is 1. The minimum absolute atomic E-state index is 0.00547. The summed E-state index contributed by atoms with van der Waals surface area (Å²) in [5.74, 6) is 0.482. The SMILES string of the molecule is CC(C)c1nc2ccc(C(F)(F)F)c(-c3cc(Cl)c4c(c3)CNN4)n2n1. The van der Waals surface area contributed by atoms with E-state index in [1.807, 2.05) is 13.8 Å². The van der Waals surface area contributed by atoms with E-state index in [0.29, 0.717) is 34.3 Å². The lowest BCUT2D eigenvalue weighted by molar-refractivity contribution is -0.137. The van der Waals surface area contributed by atoms with Gasteiger partial charge in [0.15, 0.2) is 11.5 Å². The van der Waals surface area contributed by atoms with Crippen LogP contribution in [-0.2, 0) is 12.7 Å². The van der Waals surface area contributed by atoms with Gasteiger partial charge in [0.2, 0.25) is 0 Å². The summed E-state index contributed by atoms with van der Waals surface area (Å²) in [7, 11) is 0. The van der Waals surface area contributed by atoms with Gasteiger partial charge >= 0.3 is 6.18 Å². The fraction of sp³-hybridized carbons (Fsp3) is 0.294. The standard InChI is InChI=1S/C17H15ClF3N5/c1-8(2)16-23-13-4-3-11(17(19,20)21)15(26(13)25-16)9-5-10-7-22-24-14(10)12(18)6-9/h3-6,8,22,24H,7H2,1-2H3. The van der Waals surface area contributed by atoms with E-state index in [-0.39, 0.29) is 11.6 Å². The highest BCUT2D eigenvalue weighted by atomic mass is 35.5. The summed E-state index contributed by atoms with van der Waals surface area (Å²) in [5.41, 5.74) is 7.17. The third-order valence-electron chi connectivity index (χ3n) is 4.27. The van der Waals surface area contributed by atoms with Crippen LogP contribution in [0.25, 0.3) is 16.9 Å². The van der Waals surface area contributed by atoms with Crippen molar-refractivity contribution in [3.05, 3.63) is 46.2 Å². The predicted molar refractivity (Wildman–Crippen MR) is 93.0 cm³/mol. The molecular weight excluding hydrogens is 367 g/mol. The molecule has 1 aliphatic rings. The molecule has 4 rings (SSSR count). The molecule has 1 aliphatic heterocycles. The molecule has 0 spiro atoms. The van der Waals surface area contributed by atoms with E-state index >= 15 is 0 Å². The molecular formula is C17H15ClF3N5. The second kappa shape index (κ2) is 5.85. The van der Waals surface area contributed by atoms with Crippen LogP contribution in [0.5, 0.6) is 0 Å². The largest absolute Gasteiger partial charge is 0.418 e. The topological polar surface area (TPSA) is 54.2 Å². The Morgan fingerprint density at radius 2 is 2.00 bits per heavy atom. The predicted octanol–water partition coefficient (Wildman–Crippen LogP) is 4.62. The lowest BCUT2D eigenvalue weighted by Crippen LogP contribution is -2.11. The first-order chi connectivity index (χ1) is 12.3. The molecule has 3 aromatic rings. The first-order valence-corrected chi connectivity index (χ1v) is 8.42. The van der Waals surface area contributed by atoms with Crippen LogP contribution in [0.3, 0.4) is 0 Å². The fourth-order valence-corrected chi connectivity index (χ4v) is 3.31. The Kier molecular flexibility index (Phi) is 3.85. The Hall–Kier alpha value is -2.32. The molecule has 0 saturated heterocycles. The van der Waals surface area contributed by atoms with Crippen molar-refractivity contribution >= 4 is 22.9 Å². The molecule has 2 N–H and O–H groups in total. The van der Waals surface area contributed by atoms with Crippen molar-refractivity contribution in [3.8, 4) is 11.3 Å². The summed E-state index contributed by atoms with van der Waals surface area (Å²) in [6.45, 7) is 4.25. The minimum Gasteiger partial charge on any atom is -0.319 e. The van der Waals surface area contributed by atoms with E-state index < -0.39 is 11.7 Å². The number of hydrogen-bond donors (Lipinski definition) is 2. The number of nitrogens with zero attached hydrogens (tertiary/aromatic N) is 3. The van der Waals surface area contributed by atoms with Crippen molar-refractivity contribution < 1.29 is 13.2 Å². The maximum Gasteiger partial charge on any atom is 0.418 e. The number of fused-ring (bicyclic) bond motifs is 2. The number of pyridine rings is 1. The van der Waals surface area contributed by atoms with Crippen LogP contribution in [0.2, 0.25) is 5.02 Å². The summed E-state index contributed by atoms with van der Waals surface area (Å²) in [4.78, 5) is 4.34. The summed E-state index contributed by atoms with van der Waals surface area (Å²) >= 11 is 6.27. The molecule has 2 aromatic heterocycles. The van der Waals surface area contributed by atoms with Gasteiger partial charge in [-0.25, -0.2) is 14.9 Å². The van der Waals surface area contributed by atoms with Gasteiger partial charge in [0.1, 0.15) is 0 Å². The van der Waals surface area contributed by atoms with Crippen molar-refractivity contribution in [2.75, 3.05) is 5.43 Å². The molecule has 0 aliphatic carbocycles. The van der Waals surface area contributed by atoms with Crippen LogP contribution in [0.15, 0.2) is 24.3 Å². The lowest BCUT2D eigenvalue weighted by atomic mass is 10.0. The van der Waals surface area contributed by atoms with Crippen LogP contribution >= 0.6 is 11.6 Å². The molecule has 0 unspecified atom stereocenters. The molecule has 3 heterocycles. The van der Waals surface area contributed by atoms with Gasteiger partial charge in [0, 0.05) is 18.0 Å². The average Bonchev–Trinajstić information content (AvgIpc) is 3.19. The van der Waals surface area contributed by atoms with Gasteiger partial charge in [0.25, 0.3) is 0 Å². The van der Waals surface area contributed by atoms with Gasteiger partial charge < -0.3 is 5.43 Å². The summed E-state index contributed by atoms with van der Waals surface area (Å²) in [6, 6.07) is 5.58. The van der Waals surface area contributed by atoms with E-state index in [4.69, 9.17) is 11.6 Å². The smallest absolute Gasteiger partial charge is 0.319 e. The highest BCUT2D eigenvalue weighted by Crippen LogP contribution is 2.40. The van der Waals surface area contributed by atoms with Gasteiger partial charge in [0.05, 0.1) is 22.0 Å². The number of halogens is 4. The third kappa shape index (κ3) is 2.69. The van der Waals surface area contributed by atoms with Gasteiger partial charge in [-0.05, 0) is 29.8 Å². The molecule has 1 aromatic carbocycles. The van der Waals surface area contributed by atoms with E-state index in [1.165, 1.54) is 16.6 Å². The monoisotopic (exact) mass is 381 g/mol. The second-order valence-corrected chi connectivity index (χ2v) is 6.87. The van der Waals surface area contributed by atoms with Crippen molar-refractivity contribution in [1.82, 2.24) is 20.0 Å². The molecule has 136 valence electrons. The van der Waals surface area contributed by atoms with E-state index in [1.54, 1.807) is 6.07 Å². The quantitative estimate of drug-likeness (QED) is 0.680. The van der Waals surface area contributed by atoms with Crippen molar-refractivity contribution in [2.45, 2.75) is 32.5 Å². The average molecular weight is 382 g/mol. The summed E-state index contributed by atoms with van der Waals surface area (Å²) < 4.78 is 42.3. The third-order valence-corrected chi connectivity index (χ3v) is 4.57. The molecule has 9 heteroatoms. The van der Waals surface area contributed by atoms with Gasteiger partial charge in [-0.1, -0.05) is 25.4 Å². The Labute approximate surface area is 152 Å². The molecule has 5 nitrogen and oxygen atoms in total. The number of anilines is 1. The van der Waals surface area contributed by atoms with Crippen LogP contribution in [0, 0.1) is 0 Å². The number of rotatable bonds is 2. The Bertz CT molecular complexity index is 1010. The van der Waals surface area contributed by atoms with Gasteiger partial charge in [-0.2, -0.15) is 18.3 Å². The highest BCUT2D eigenvalue weighted by molar-refractivity contribution is 6.33. The number of alkyl halides is 3. The van der Waals surface area contributed by atoms with Gasteiger partial charge in [-0.3, -0.25) is 0 Å². The minimum atomic E-state index is -4.53. The first-order valence-electron chi connectivity index (χ1n) is 8.04. The van der Waals surface area contributed by atoms with E-state index in [0.717, 1.165) is 11.6 Å². The number of nitrogens with one attached hydrogen (secondary N) is 2. The first kappa shape index (κ1) is 17.1. The van der Waals surface area contributed by atoms with Crippen LogP contribution in [-0.4, -0.2) is 14.6 Å². The van der Waals surface area contributed by atoms with Crippen molar-refractivity contribution in [2.24, 2.45) is 0 Å². The van der Waals surface area contributed by atoms with E-state index in [2.05, 4.69) is 20.9 Å². The number of benzene rings is 1. The number of aromatic nitrogens is 3. The normalized spacial score (nSPS) is 14.1. The zero-order valence-corrected chi connectivity index (χ0v) is 14.7. The molecule has 26 heavy (non-hydrogen) atoms. The maximum atomic E-state index is 13.7. The Balaban J connectivity index is 2.04. The number of hydrogen-bond acceptors (Lipinski definition) is 4. The Morgan fingerprint density at radius 1 is 1.23 bits per heavy atom. The van der Waals surface area contributed by atoms with E-state index in [9.17, 15) is 13.2 Å². The molecule has 0 radical (unpaired) electrons. The van der Waals surface area contributed by atoms with Crippen molar-refractivity contribution in [3.63, 3.8) is 0 Å². The zero-order valence-electron chi connectivity index (χ0n) is 13.9. The zero-order chi connectivity index (χ0) is 18.6.